The molecule has 8 heteroatoms. The molecule has 0 saturated heterocycles. The van der Waals surface area contributed by atoms with Crippen molar-refractivity contribution in [3.63, 3.8) is 0 Å². The first-order chi connectivity index (χ1) is 5.99. The summed E-state index contributed by atoms with van der Waals surface area (Å²) < 4.78 is 24.0. The minimum absolute atomic E-state index is 0.168. The van der Waals surface area contributed by atoms with Crippen molar-refractivity contribution >= 4 is 32.5 Å². The Hall–Kier alpha value is -1.15. The average molecular weight is 222 g/mol. The third kappa shape index (κ3) is 3.38. The van der Waals surface area contributed by atoms with E-state index in [9.17, 15) is 13.2 Å². The second-order valence-electron chi connectivity index (χ2n) is 2.09. The standard InChI is InChI=1S/C5H6N2O4S2/c8-4(9)3-13(10,11)7-5-6-1-2-12-5/h1-2H,3H2,(H,6,7)(H,8,9). The molecule has 1 aromatic heterocycles. The van der Waals surface area contributed by atoms with E-state index in [1.165, 1.54) is 6.20 Å². The zero-order chi connectivity index (χ0) is 9.90. The van der Waals surface area contributed by atoms with E-state index < -0.39 is 21.7 Å². The summed E-state index contributed by atoms with van der Waals surface area (Å²) in [5, 5.41) is 9.99. The van der Waals surface area contributed by atoms with Gasteiger partial charge in [-0.05, 0) is 0 Å². The van der Waals surface area contributed by atoms with Gasteiger partial charge in [0, 0.05) is 11.6 Å². The Bertz CT molecular complexity index is 383. The van der Waals surface area contributed by atoms with Gasteiger partial charge in [-0.25, -0.2) is 13.4 Å². The highest BCUT2D eigenvalue weighted by Crippen LogP contribution is 2.12. The van der Waals surface area contributed by atoms with E-state index in [0.717, 1.165) is 11.3 Å². The highest BCUT2D eigenvalue weighted by atomic mass is 32.2. The maximum absolute atomic E-state index is 11.0. The molecular formula is C5H6N2O4S2. The molecule has 0 aliphatic carbocycles. The van der Waals surface area contributed by atoms with Gasteiger partial charge in [0.15, 0.2) is 10.9 Å². The molecule has 0 atom stereocenters. The summed E-state index contributed by atoms with van der Waals surface area (Å²) in [6.45, 7) is 0. The zero-order valence-corrected chi connectivity index (χ0v) is 7.93. The number of sulfonamides is 1. The van der Waals surface area contributed by atoms with Crippen LogP contribution >= 0.6 is 11.3 Å². The molecule has 72 valence electrons. The van der Waals surface area contributed by atoms with Gasteiger partial charge >= 0.3 is 5.97 Å². The van der Waals surface area contributed by atoms with Crippen LogP contribution < -0.4 is 4.72 Å². The molecule has 0 aromatic carbocycles. The molecule has 1 aromatic rings. The monoisotopic (exact) mass is 222 g/mol. The normalized spacial score (nSPS) is 11.1. The van der Waals surface area contributed by atoms with Gasteiger partial charge in [-0.3, -0.25) is 9.52 Å². The van der Waals surface area contributed by atoms with E-state index in [1.807, 2.05) is 4.72 Å². The van der Waals surface area contributed by atoms with Crippen LogP contribution in [0.25, 0.3) is 0 Å². The fourth-order valence-corrected chi connectivity index (χ4v) is 2.27. The number of rotatable bonds is 4. The second-order valence-corrected chi connectivity index (χ2v) is 4.71. The van der Waals surface area contributed by atoms with Gasteiger partial charge < -0.3 is 5.11 Å². The van der Waals surface area contributed by atoms with Crippen LogP contribution in [0.4, 0.5) is 5.13 Å². The highest BCUT2D eigenvalue weighted by molar-refractivity contribution is 7.93. The van der Waals surface area contributed by atoms with E-state index in [0.29, 0.717) is 0 Å². The van der Waals surface area contributed by atoms with Crippen LogP contribution in [-0.4, -0.2) is 30.2 Å². The number of nitrogens with one attached hydrogen (secondary N) is 1. The van der Waals surface area contributed by atoms with Gasteiger partial charge in [0.1, 0.15) is 0 Å². The minimum atomic E-state index is -3.81. The number of aliphatic carboxylic acids is 1. The number of anilines is 1. The number of carbonyl (C=O) groups is 1. The lowest BCUT2D eigenvalue weighted by molar-refractivity contribution is -0.134. The summed E-state index contributed by atoms with van der Waals surface area (Å²) in [7, 11) is -3.81. The van der Waals surface area contributed by atoms with Crippen LogP contribution in [0.15, 0.2) is 11.6 Å². The number of carboxylic acids is 1. The quantitative estimate of drug-likeness (QED) is 0.745. The van der Waals surface area contributed by atoms with Crippen molar-refractivity contribution in [1.29, 1.82) is 0 Å². The predicted octanol–water partition coefficient (Wildman–Crippen LogP) is -0.0306. The van der Waals surface area contributed by atoms with Crippen LogP contribution in [0.5, 0.6) is 0 Å². The largest absolute Gasteiger partial charge is 0.480 e. The predicted molar refractivity (Wildman–Crippen MR) is 47.2 cm³/mol. The van der Waals surface area contributed by atoms with Crippen LogP contribution in [0.2, 0.25) is 0 Å². The number of nitrogens with zero attached hydrogens (tertiary/aromatic N) is 1. The summed E-state index contributed by atoms with van der Waals surface area (Å²) in [6.07, 6.45) is 1.42. The number of hydrogen-bond acceptors (Lipinski definition) is 5. The first-order valence-electron chi connectivity index (χ1n) is 3.11. The second kappa shape index (κ2) is 3.71. The van der Waals surface area contributed by atoms with E-state index in [-0.39, 0.29) is 5.13 Å². The smallest absolute Gasteiger partial charge is 0.320 e. The highest BCUT2D eigenvalue weighted by Gasteiger charge is 2.16. The first-order valence-corrected chi connectivity index (χ1v) is 5.64. The Morgan fingerprint density at radius 3 is 2.85 bits per heavy atom. The third-order valence-electron chi connectivity index (χ3n) is 0.989. The molecule has 0 spiro atoms. The molecular weight excluding hydrogens is 216 g/mol. The van der Waals surface area contributed by atoms with Crippen molar-refractivity contribution in [3.8, 4) is 0 Å². The van der Waals surface area contributed by atoms with Crippen LogP contribution in [0.3, 0.4) is 0 Å². The molecule has 1 heterocycles. The SMILES string of the molecule is O=C(O)CS(=O)(=O)Nc1nccs1. The van der Waals surface area contributed by atoms with Crippen LogP contribution in [-0.2, 0) is 14.8 Å². The lowest BCUT2D eigenvalue weighted by atomic mass is 10.8. The van der Waals surface area contributed by atoms with Crippen molar-refractivity contribution in [2.24, 2.45) is 0 Å². The Morgan fingerprint density at radius 2 is 2.38 bits per heavy atom. The van der Waals surface area contributed by atoms with Crippen LogP contribution in [0, 0.1) is 0 Å². The number of carboxylic acid groups (broad SMARTS) is 1. The number of aromatic nitrogens is 1. The number of thiazole rings is 1. The molecule has 0 aliphatic heterocycles. The molecule has 0 radical (unpaired) electrons. The molecule has 0 fully saturated rings. The lowest BCUT2D eigenvalue weighted by Crippen LogP contribution is -2.22. The molecule has 0 aliphatic rings. The van der Waals surface area contributed by atoms with Gasteiger partial charge in [-0.1, -0.05) is 0 Å². The van der Waals surface area contributed by atoms with Gasteiger partial charge in [0.2, 0.25) is 10.0 Å². The van der Waals surface area contributed by atoms with Gasteiger partial charge in [0.05, 0.1) is 0 Å². The van der Waals surface area contributed by atoms with E-state index in [2.05, 4.69) is 4.98 Å². The fraction of sp³-hybridized carbons (Fsp3) is 0.200. The molecule has 6 nitrogen and oxygen atoms in total. The van der Waals surface area contributed by atoms with Crippen molar-refractivity contribution < 1.29 is 18.3 Å². The fourth-order valence-electron chi connectivity index (χ4n) is 0.606. The van der Waals surface area contributed by atoms with Crippen molar-refractivity contribution in [3.05, 3.63) is 11.6 Å². The molecule has 0 amide bonds. The van der Waals surface area contributed by atoms with E-state index in [1.54, 1.807) is 5.38 Å². The average Bonchev–Trinajstić information content (AvgIpc) is 2.34. The number of hydrogen-bond donors (Lipinski definition) is 2. The van der Waals surface area contributed by atoms with Crippen LogP contribution in [0.1, 0.15) is 0 Å². The summed E-state index contributed by atoms with van der Waals surface area (Å²) in [6, 6.07) is 0. The Labute approximate surface area is 78.3 Å². The molecule has 0 bridgehead atoms. The third-order valence-corrected chi connectivity index (χ3v) is 2.94. The lowest BCUT2D eigenvalue weighted by Gasteiger charge is -2.00. The summed E-state index contributed by atoms with van der Waals surface area (Å²) >= 11 is 1.08. The van der Waals surface area contributed by atoms with E-state index in [4.69, 9.17) is 5.11 Å². The molecule has 13 heavy (non-hydrogen) atoms. The van der Waals surface area contributed by atoms with Gasteiger partial charge in [-0.2, -0.15) is 0 Å². The Kier molecular flexibility index (Phi) is 2.83. The zero-order valence-electron chi connectivity index (χ0n) is 6.30. The van der Waals surface area contributed by atoms with Gasteiger partial charge in [-0.15, -0.1) is 11.3 Å². The summed E-state index contributed by atoms with van der Waals surface area (Å²) in [5.41, 5.74) is 0. The van der Waals surface area contributed by atoms with Crippen molar-refractivity contribution in [1.82, 2.24) is 4.98 Å². The molecule has 2 N–H and O–H groups in total. The molecule has 1 rings (SSSR count). The topological polar surface area (TPSA) is 96.4 Å². The van der Waals surface area contributed by atoms with E-state index >= 15 is 0 Å². The first kappa shape index (κ1) is 9.93. The molecule has 0 unspecified atom stereocenters. The maximum atomic E-state index is 11.0. The van der Waals surface area contributed by atoms with Crippen molar-refractivity contribution in [2.45, 2.75) is 0 Å². The Balaban J connectivity index is 2.68. The van der Waals surface area contributed by atoms with Gasteiger partial charge in [0.25, 0.3) is 0 Å². The summed E-state index contributed by atoms with van der Waals surface area (Å²) in [5.74, 6) is -2.35. The minimum Gasteiger partial charge on any atom is -0.480 e. The molecule has 0 saturated carbocycles. The Morgan fingerprint density at radius 1 is 1.69 bits per heavy atom. The van der Waals surface area contributed by atoms with Crippen molar-refractivity contribution in [2.75, 3.05) is 10.5 Å². The maximum Gasteiger partial charge on any atom is 0.320 e. The summed E-state index contributed by atoms with van der Waals surface area (Å²) in [4.78, 5) is 13.8.